The number of nitrogens with zero attached hydrogens (tertiary/aromatic N) is 1. The Kier molecular flexibility index (Phi) is 10.2. The second-order valence-electron chi connectivity index (χ2n) is 10.2. The van der Waals surface area contributed by atoms with Crippen LogP contribution in [0, 0.1) is 0 Å². The van der Waals surface area contributed by atoms with Crippen LogP contribution in [0.15, 0.2) is 36.4 Å². The quantitative estimate of drug-likeness (QED) is 0.199. The van der Waals surface area contributed by atoms with Crippen LogP contribution in [0.3, 0.4) is 0 Å². The lowest BCUT2D eigenvalue weighted by Crippen LogP contribution is -2.66. The molecule has 3 saturated heterocycles. The third-order valence-electron chi connectivity index (χ3n) is 7.42. The van der Waals surface area contributed by atoms with Gasteiger partial charge in [0.05, 0.1) is 16.8 Å². The molecule has 0 atom stereocenters. The molecule has 4 heterocycles. The summed E-state index contributed by atoms with van der Waals surface area (Å²) in [5, 5.41) is 29.3. The maximum Gasteiger partial charge on any atom is 0.258 e. The lowest BCUT2D eigenvalue weighted by atomic mass is 9.97. The molecule has 3 fully saturated rings. The van der Waals surface area contributed by atoms with Gasteiger partial charge in [-0.1, -0.05) is 12.1 Å². The number of hydrogen-bond donors (Lipinski definition) is 8. The number of anilines is 1. The van der Waals surface area contributed by atoms with E-state index < -0.39 is 0 Å². The highest BCUT2D eigenvalue weighted by molar-refractivity contribution is 6.28. The molecule has 0 aromatic heterocycles. The molecular formula is C26H43N9O2. The Bertz CT molecular complexity index is 860. The summed E-state index contributed by atoms with van der Waals surface area (Å²) in [4.78, 5) is 25.2. The first-order valence-electron chi connectivity index (χ1n) is 13.4. The van der Waals surface area contributed by atoms with Gasteiger partial charge in [0, 0.05) is 97.2 Å². The van der Waals surface area contributed by atoms with E-state index in [0.29, 0.717) is 12.2 Å². The molecule has 0 spiro atoms. The van der Waals surface area contributed by atoms with Gasteiger partial charge in [-0.15, -0.1) is 0 Å². The fourth-order valence-corrected chi connectivity index (χ4v) is 5.03. The molecule has 5 rings (SSSR count). The first-order chi connectivity index (χ1) is 18.0. The summed E-state index contributed by atoms with van der Waals surface area (Å²) < 4.78 is 0. The Morgan fingerprint density at radius 3 is 1.49 bits per heavy atom. The van der Waals surface area contributed by atoms with Gasteiger partial charge in [-0.05, 0) is 24.7 Å². The number of likely N-dealkylation sites (N-methyl/N-ethyl adjacent to an activating group) is 1. The van der Waals surface area contributed by atoms with Crippen LogP contribution in [0.2, 0.25) is 0 Å². The van der Waals surface area contributed by atoms with E-state index >= 15 is 0 Å². The standard InChI is InChI=1S/C26H43N9O2/c1-27-25-15-28-8-11-31-18-26(19-32-12-9-29-16-25,20-33-13-10-30-17-25)34-14-21-2-4-22(5-3-21)35-23(36)6-7-24(35)37/h2-7,27-34H,8-20H2,1H3. The highest BCUT2D eigenvalue weighted by Gasteiger charge is 2.31. The molecule has 0 unspecified atom stereocenters. The van der Waals surface area contributed by atoms with Crippen LogP contribution in [0.25, 0.3) is 0 Å². The van der Waals surface area contributed by atoms with Crippen molar-refractivity contribution in [2.24, 2.45) is 0 Å². The van der Waals surface area contributed by atoms with Gasteiger partial charge in [0.1, 0.15) is 0 Å². The molecule has 1 aromatic rings. The normalized spacial score (nSPS) is 28.8. The number of rotatable bonds is 5. The number of carbonyl (C=O) groups excluding carboxylic acids is 2. The number of amides is 2. The molecule has 2 bridgehead atoms. The molecule has 204 valence electrons. The predicted molar refractivity (Wildman–Crippen MR) is 147 cm³/mol. The van der Waals surface area contributed by atoms with E-state index in [4.69, 9.17) is 0 Å². The van der Waals surface area contributed by atoms with Crippen molar-refractivity contribution < 1.29 is 9.59 Å². The number of imide groups is 1. The van der Waals surface area contributed by atoms with Crippen LogP contribution in [0.1, 0.15) is 5.56 Å². The molecule has 4 aliphatic heterocycles. The van der Waals surface area contributed by atoms with E-state index in [2.05, 4.69) is 42.5 Å². The van der Waals surface area contributed by atoms with Crippen LogP contribution < -0.4 is 47.4 Å². The molecule has 11 heteroatoms. The van der Waals surface area contributed by atoms with E-state index in [0.717, 1.165) is 84.1 Å². The Morgan fingerprint density at radius 1 is 0.676 bits per heavy atom. The van der Waals surface area contributed by atoms with Crippen LogP contribution in [0.5, 0.6) is 0 Å². The van der Waals surface area contributed by atoms with E-state index in [-0.39, 0.29) is 22.9 Å². The van der Waals surface area contributed by atoms with Crippen LogP contribution in [-0.2, 0) is 16.1 Å². The number of fused-ring (bicyclic) bond motifs is 15. The zero-order valence-corrected chi connectivity index (χ0v) is 21.9. The fraction of sp³-hybridized carbons (Fsp3) is 0.615. The summed E-state index contributed by atoms with van der Waals surface area (Å²) in [6.07, 6.45) is 2.62. The van der Waals surface area contributed by atoms with Crippen molar-refractivity contribution in [3.05, 3.63) is 42.0 Å². The lowest BCUT2D eigenvalue weighted by Gasteiger charge is -2.38. The van der Waals surface area contributed by atoms with Crippen LogP contribution >= 0.6 is 0 Å². The van der Waals surface area contributed by atoms with Crippen molar-refractivity contribution >= 4 is 17.5 Å². The minimum Gasteiger partial charge on any atom is -0.314 e. The Labute approximate surface area is 220 Å². The minimum absolute atomic E-state index is 0.0407. The molecular weight excluding hydrogens is 470 g/mol. The summed E-state index contributed by atoms with van der Waals surface area (Å²) in [5.74, 6) is -0.597. The molecule has 2 amide bonds. The second-order valence-corrected chi connectivity index (χ2v) is 10.2. The maximum absolute atomic E-state index is 12.0. The zero-order valence-electron chi connectivity index (χ0n) is 21.9. The van der Waals surface area contributed by atoms with E-state index in [1.165, 1.54) is 17.1 Å². The molecule has 1 aromatic carbocycles. The average molecular weight is 514 g/mol. The summed E-state index contributed by atoms with van der Waals surface area (Å²) in [7, 11) is 2.04. The van der Waals surface area contributed by atoms with Gasteiger partial charge in [-0.3, -0.25) is 9.59 Å². The second kappa shape index (κ2) is 13.5. The van der Waals surface area contributed by atoms with Crippen molar-refractivity contribution in [3.8, 4) is 0 Å². The third-order valence-corrected chi connectivity index (χ3v) is 7.42. The highest BCUT2D eigenvalue weighted by atomic mass is 16.2. The van der Waals surface area contributed by atoms with Gasteiger partial charge < -0.3 is 42.5 Å². The van der Waals surface area contributed by atoms with E-state index in [1.807, 2.05) is 31.3 Å². The van der Waals surface area contributed by atoms with Crippen molar-refractivity contribution in [1.82, 2.24) is 42.5 Å². The van der Waals surface area contributed by atoms with Gasteiger partial charge in [0.25, 0.3) is 11.8 Å². The van der Waals surface area contributed by atoms with Crippen molar-refractivity contribution in [2.75, 3.05) is 90.5 Å². The number of carbonyl (C=O) groups is 2. The molecule has 0 saturated carbocycles. The van der Waals surface area contributed by atoms with E-state index in [1.54, 1.807) is 0 Å². The molecule has 37 heavy (non-hydrogen) atoms. The highest BCUT2D eigenvalue weighted by Crippen LogP contribution is 2.19. The Morgan fingerprint density at radius 2 is 1.08 bits per heavy atom. The lowest BCUT2D eigenvalue weighted by molar-refractivity contribution is -0.119. The number of hydrogen-bond acceptors (Lipinski definition) is 10. The van der Waals surface area contributed by atoms with Crippen LogP contribution in [0.4, 0.5) is 5.69 Å². The fourth-order valence-electron chi connectivity index (χ4n) is 5.03. The molecule has 0 aliphatic carbocycles. The van der Waals surface area contributed by atoms with Gasteiger partial charge in [-0.2, -0.15) is 0 Å². The SMILES string of the molecule is CNC12CNCCNCC(NCc3ccc(N4C(=O)C=CC4=O)cc3)(CNCCNC1)CNCCNC2. The molecule has 11 nitrogen and oxygen atoms in total. The molecule has 4 aliphatic rings. The first-order valence-corrected chi connectivity index (χ1v) is 13.4. The summed E-state index contributed by atoms with van der Waals surface area (Å²) >= 11 is 0. The van der Waals surface area contributed by atoms with Crippen molar-refractivity contribution in [3.63, 3.8) is 0 Å². The average Bonchev–Trinajstić information content (AvgIpc) is 3.25. The van der Waals surface area contributed by atoms with Gasteiger partial charge in [0.15, 0.2) is 0 Å². The largest absolute Gasteiger partial charge is 0.314 e. The summed E-state index contributed by atoms with van der Waals surface area (Å²) in [6, 6.07) is 7.62. The Balaban J connectivity index is 1.43. The van der Waals surface area contributed by atoms with Gasteiger partial charge in [-0.25, -0.2) is 4.90 Å². The predicted octanol–water partition coefficient (Wildman–Crippen LogP) is -2.53. The van der Waals surface area contributed by atoms with Crippen molar-refractivity contribution in [2.45, 2.75) is 17.6 Å². The first kappa shape index (κ1) is 27.8. The monoisotopic (exact) mass is 513 g/mol. The number of benzene rings is 1. The third kappa shape index (κ3) is 7.65. The smallest absolute Gasteiger partial charge is 0.258 e. The minimum atomic E-state index is -0.299. The van der Waals surface area contributed by atoms with Crippen molar-refractivity contribution in [1.29, 1.82) is 0 Å². The van der Waals surface area contributed by atoms with Gasteiger partial charge in [0.2, 0.25) is 0 Å². The summed E-state index contributed by atoms with van der Waals surface area (Å²) in [5.41, 5.74) is 1.45. The van der Waals surface area contributed by atoms with E-state index in [9.17, 15) is 9.59 Å². The van der Waals surface area contributed by atoms with Gasteiger partial charge >= 0.3 is 0 Å². The van der Waals surface area contributed by atoms with Crippen LogP contribution in [-0.4, -0.2) is 108 Å². The molecule has 0 radical (unpaired) electrons. The summed E-state index contributed by atoms with van der Waals surface area (Å²) in [6.45, 7) is 11.1. The topological polar surface area (TPSA) is 134 Å². The maximum atomic E-state index is 12.0. The number of nitrogens with one attached hydrogen (secondary N) is 8. The molecule has 8 N–H and O–H groups in total. The zero-order chi connectivity index (χ0) is 26.0. The Hall–Kier alpha value is -2.22.